The summed E-state index contributed by atoms with van der Waals surface area (Å²) < 4.78 is 0. The molecule has 0 atom stereocenters. The van der Waals surface area contributed by atoms with Gasteiger partial charge in [0.2, 0.25) is 0 Å². The van der Waals surface area contributed by atoms with E-state index in [2.05, 4.69) is 16.0 Å². The molecule has 0 unspecified atom stereocenters. The molecule has 9 nitrogen and oxygen atoms in total. The maximum absolute atomic E-state index is 13.5. The molecule has 3 amide bonds. The van der Waals surface area contributed by atoms with Crippen molar-refractivity contribution in [1.82, 2.24) is 5.32 Å². The van der Waals surface area contributed by atoms with Crippen LogP contribution < -0.4 is 16.0 Å². The van der Waals surface area contributed by atoms with Crippen molar-refractivity contribution in [3.05, 3.63) is 70.3 Å². The fourth-order valence-corrected chi connectivity index (χ4v) is 6.20. The summed E-state index contributed by atoms with van der Waals surface area (Å²) in [5, 5.41) is 19.4. The van der Waals surface area contributed by atoms with Gasteiger partial charge in [-0.25, -0.2) is 14.6 Å². The number of hydrogen-bond donors (Lipinski definition) is 4. The molecular formula is C31H35N3O6. The van der Waals surface area contributed by atoms with Crippen molar-refractivity contribution in [3.63, 3.8) is 0 Å². The topological polar surface area (TPSA) is 126 Å². The lowest BCUT2D eigenvalue weighted by molar-refractivity contribution is -0.314. The van der Waals surface area contributed by atoms with E-state index in [0.717, 1.165) is 65.1 Å². The Morgan fingerprint density at radius 3 is 2.27 bits per heavy atom. The van der Waals surface area contributed by atoms with E-state index in [-0.39, 0.29) is 17.1 Å². The summed E-state index contributed by atoms with van der Waals surface area (Å²) in [7, 11) is 0. The summed E-state index contributed by atoms with van der Waals surface area (Å²) in [5.41, 5.74) is 4.88. The number of hydrogen-bond acceptors (Lipinski definition) is 5. The number of aliphatic carboxylic acids is 1. The number of anilines is 2. The smallest absolute Gasteiger partial charge is 0.323 e. The van der Waals surface area contributed by atoms with Gasteiger partial charge >= 0.3 is 12.0 Å². The van der Waals surface area contributed by atoms with Crippen molar-refractivity contribution in [1.29, 1.82) is 0 Å². The monoisotopic (exact) mass is 545 g/mol. The molecule has 40 heavy (non-hydrogen) atoms. The van der Waals surface area contributed by atoms with Crippen LogP contribution in [0.3, 0.4) is 0 Å². The highest BCUT2D eigenvalue weighted by Gasteiger charge is 2.42. The second-order valence-electron chi connectivity index (χ2n) is 11.0. The van der Waals surface area contributed by atoms with Crippen LogP contribution >= 0.6 is 0 Å². The standard InChI is InChI=1S/C31H35N3O6/c1-18-14-19(2)27(20(3)15-18)33-30(38)34-28-24(29(37)32-17-25(35)36)16-22-6-4-5-7-23(22)26(28)21-8-10-31(11-9-21)12-13-39-40-31/h4-7,14-16,21H,8-13,17H2,1-3H3,(H,32,37)(H,35,36)(H2,33,34,38). The van der Waals surface area contributed by atoms with Gasteiger partial charge in [-0.15, -0.1) is 0 Å². The van der Waals surface area contributed by atoms with Crippen LogP contribution in [0.25, 0.3) is 10.8 Å². The van der Waals surface area contributed by atoms with E-state index in [1.807, 2.05) is 57.2 Å². The molecule has 2 aliphatic rings. The zero-order valence-electron chi connectivity index (χ0n) is 23.1. The first-order chi connectivity index (χ1) is 19.2. The first-order valence-electron chi connectivity index (χ1n) is 13.7. The average Bonchev–Trinajstić information content (AvgIpc) is 3.37. The van der Waals surface area contributed by atoms with E-state index < -0.39 is 24.5 Å². The zero-order chi connectivity index (χ0) is 28.4. The third-order valence-corrected chi connectivity index (χ3v) is 8.07. The predicted octanol–water partition coefficient (Wildman–Crippen LogP) is 5.97. The Morgan fingerprint density at radius 2 is 1.62 bits per heavy atom. The van der Waals surface area contributed by atoms with E-state index in [0.29, 0.717) is 18.0 Å². The lowest BCUT2D eigenvalue weighted by Crippen LogP contribution is -2.34. The molecule has 2 fully saturated rings. The molecule has 1 heterocycles. The van der Waals surface area contributed by atoms with Crippen LogP contribution in [-0.2, 0) is 14.6 Å². The highest BCUT2D eigenvalue weighted by Crippen LogP contribution is 2.48. The first-order valence-corrected chi connectivity index (χ1v) is 13.7. The van der Waals surface area contributed by atoms with Crippen molar-refractivity contribution in [2.45, 2.75) is 64.4 Å². The molecule has 3 aromatic carbocycles. The molecule has 210 valence electrons. The molecule has 1 saturated carbocycles. The number of carbonyl (C=O) groups excluding carboxylic acids is 2. The molecule has 0 bridgehead atoms. The molecule has 1 saturated heterocycles. The Balaban J connectivity index is 1.56. The summed E-state index contributed by atoms with van der Waals surface area (Å²) in [6, 6.07) is 13.0. The van der Waals surface area contributed by atoms with Crippen LogP contribution in [0.1, 0.15) is 70.6 Å². The van der Waals surface area contributed by atoms with Gasteiger partial charge in [0.15, 0.2) is 0 Å². The summed E-state index contributed by atoms with van der Waals surface area (Å²) >= 11 is 0. The van der Waals surface area contributed by atoms with Crippen LogP contribution in [0.15, 0.2) is 42.5 Å². The first kappa shape index (κ1) is 27.6. The number of carboxylic acid groups (broad SMARTS) is 1. The van der Waals surface area contributed by atoms with Gasteiger partial charge in [-0.05, 0) is 85.9 Å². The van der Waals surface area contributed by atoms with Gasteiger partial charge in [-0.2, -0.15) is 0 Å². The number of carbonyl (C=O) groups is 3. The van der Waals surface area contributed by atoms with E-state index in [1.54, 1.807) is 6.07 Å². The lowest BCUT2D eigenvalue weighted by atomic mass is 9.73. The number of nitrogens with one attached hydrogen (secondary N) is 3. The van der Waals surface area contributed by atoms with Crippen molar-refractivity contribution < 1.29 is 29.3 Å². The van der Waals surface area contributed by atoms with Gasteiger partial charge in [-0.3, -0.25) is 9.59 Å². The van der Waals surface area contributed by atoms with Gasteiger partial charge in [-0.1, -0.05) is 42.0 Å². The van der Waals surface area contributed by atoms with Crippen molar-refractivity contribution in [2.75, 3.05) is 23.8 Å². The van der Waals surface area contributed by atoms with Gasteiger partial charge in [0, 0.05) is 12.1 Å². The van der Waals surface area contributed by atoms with Crippen LogP contribution in [-0.4, -0.2) is 41.8 Å². The molecule has 9 heteroatoms. The molecule has 4 N–H and O–H groups in total. The zero-order valence-corrected chi connectivity index (χ0v) is 23.1. The second kappa shape index (κ2) is 11.3. The number of rotatable bonds is 6. The van der Waals surface area contributed by atoms with E-state index >= 15 is 0 Å². The maximum atomic E-state index is 13.5. The van der Waals surface area contributed by atoms with Gasteiger partial charge < -0.3 is 21.1 Å². The maximum Gasteiger partial charge on any atom is 0.323 e. The Kier molecular flexibility index (Phi) is 7.78. The Hall–Kier alpha value is -3.95. The highest BCUT2D eigenvalue weighted by atomic mass is 17.2. The molecular weight excluding hydrogens is 510 g/mol. The van der Waals surface area contributed by atoms with Crippen LogP contribution in [0.5, 0.6) is 0 Å². The molecule has 1 aliphatic carbocycles. The summed E-state index contributed by atoms with van der Waals surface area (Å²) in [5.74, 6) is -1.67. The van der Waals surface area contributed by atoms with Gasteiger partial charge in [0.05, 0.1) is 17.9 Å². The Labute approximate surface area is 233 Å². The Morgan fingerprint density at radius 1 is 0.950 bits per heavy atom. The number of fused-ring (bicyclic) bond motifs is 1. The number of urea groups is 1. The minimum absolute atomic E-state index is 0.0464. The SMILES string of the molecule is Cc1cc(C)c(NC(=O)Nc2c(C(=O)NCC(=O)O)cc3ccccc3c2C2CCC3(CCOO3)CC2)c(C)c1. The van der Waals surface area contributed by atoms with Gasteiger partial charge in [0.1, 0.15) is 12.1 Å². The minimum atomic E-state index is -1.15. The lowest BCUT2D eigenvalue weighted by Gasteiger charge is -2.36. The second-order valence-corrected chi connectivity index (χ2v) is 11.0. The Bertz CT molecular complexity index is 1440. The number of benzene rings is 3. The van der Waals surface area contributed by atoms with E-state index in [4.69, 9.17) is 9.78 Å². The third-order valence-electron chi connectivity index (χ3n) is 8.07. The summed E-state index contributed by atoms with van der Waals surface area (Å²) in [4.78, 5) is 49.0. The number of aryl methyl sites for hydroxylation is 3. The predicted molar refractivity (Wildman–Crippen MR) is 153 cm³/mol. The van der Waals surface area contributed by atoms with Crippen molar-refractivity contribution >= 4 is 40.1 Å². The van der Waals surface area contributed by atoms with Crippen molar-refractivity contribution in [3.8, 4) is 0 Å². The highest BCUT2D eigenvalue weighted by molar-refractivity contribution is 6.12. The van der Waals surface area contributed by atoms with E-state index in [9.17, 15) is 19.5 Å². The quantitative estimate of drug-likeness (QED) is 0.283. The summed E-state index contributed by atoms with van der Waals surface area (Å²) in [6.45, 7) is 5.93. The largest absolute Gasteiger partial charge is 0.480 e. The molecule has 1 spiro atoms. The van der Waals surface area contributed by atoms with Crippen LogP contribution in [0.2, 0.25) is 0 Å². The molecule has 0 radical (unpaired) electrons. The van der Waals surface area contributed by atoms with E-state index in [1.165, 1.54) is 0 Å². The molecule has 3 aromatic rings. The minimum Gasteiger partial charge on any atom is -0.480 e. The molecule has 0 aromatic heterocycles. The normalized spacial score (nSPS) is 20.4. The molecule has 5 rings (SSSR count). The van der Waals surface area contributed by atoms with Crippen molar-refractivity contribution in [2.24, 2.45) is 0 Å². The number of amides is 3. The third kappa shape index (κ3) is 5.66. The molecule has 1 aliphatic heterocycles. The van der Waals surface area contributed by atoms with Crippen LogP contribution in [0.4, 0.5) is 16.2 Å². The average molecular weight is 546 g/mol. The fraction of sp³-hybridized carbons (Fsp3) is 0.387. The number of carboxylic acids is 1. The fourth-order valence-electron chi connectivity index (χ4n) is 6.20. The van der Waals surface area contributed by atoms with Gasteiger partial charge in [0.25, 0.3) is 5.91 Å². The van der Waals surface area contributed by atoms with Crippen LogP contribution in [0, 0.1) is 20.8 Å². The summed E-state index contributed by atoms with van der Waals surface area (Å²) in [6.07, 6.45) is 4.03.